The van der Waals surface area contributed by atoms with Gasteiger partial charge < -0.3 is 9.64 Å². The summed E-state index contributed by atoms with van der Waals surface area (Å²) in [6.07, 6.45) is 1.20. The molecule has 1 heterocycles. The van der Waals surface area contributed by atoms with E-state index in [4.69, 9.17) is 4.74 Å². The lowest BCUT2D eigenvalue weighted by Gasteiger charge is -2.49. The van der Waals surface area contributed by atoms with Crippen LogP contribution < -0.4 is 4.74 Å². The minimum atomic E-state index is 0.364. The highest BCUT2D eigenvalue weighted by Gasteiger charge is 2.40. The van der Waals surface area contributed by atoms with Crippen LogP contribution in [0.15, 0.2) is 24.3 Å². The molecule has 1 aromatic rings. The van der Waals surface area contributed by atoms with Gasteiger partial charge in [0.05, 0.1) is 7.11 Å². The van der Waals surface area contributed by atoms with Crippen LogP contribution in [0.25, 0.3) is 0 Å². The second-order valence-corrected chi connectivity index (χ2v) is 4.54. The van der Waals surface area contributed by atoms with Crippen LogP contribution in [0.3, 0.4) is 0 Å². The lowest BCUT2D eigenvalue weighted by molar-refractivity contribution is 0.0895. The van der Waals surface area contributed by atoms with Gasteiger partial charge in [-0.15, -0.1) is 0 Å². The molecule has 0 unspecified atom stereocenters. The molecule has 0 radical (unpaired) electrons. The fourth-order valence-electron chi connectivity index (χ4n) is 2.55. The van der Waals surface area contributed by atoms with Gasteiger partial charge >= 0.3 is 0 Å². The third kappa shape index (κ3) is 1.74. The average molecular weight is 205 g/mol. The van der Waals surface area contributed by atoms with E-state index in [0.717, 1.165) is 18.8 Å². The van der Waals surface area contributed by atoms with Crippen LogP contribution in [0.1, 0.15) is 18.9 Å². The molecule has 0 spiro atoms. The molecule has 0 aromatic heterocycles. The predicted octanol–water partition coefficient (Wildman–Crippen LogP) is 2.29. The van der Waals surface area contributed by atoms with Gasteiger partial charge in [-0.25, -0.2) is 0 Å². The van der Waals surface area contributed by atoms with Gasteiger partial charge in [0.2, 0.25) is 0 Å². The smallest absolute Gasteiger partial charge is 0.119 e. The molecule has 0 N–H and O–H groups in total. The van der Waals surface area contributed by atoms with Crippen molar-refractivity contribution in [2.75, 3.05) is 27.2 Å². The maximum atomic E-state index is 5.28. The van der Waals surface area contributed by atoms with Crippen molar-refractivity contribution in [1.29, 1.82) is 0 Å². The van der Waals surface area contributed by atoms with Crippen LogP contribution in [0.2, 0.25) is 0 Å². The van der Waals surface area contributed by atoms with E-state index in [0.29, 0.717) is 5.41 Å². The second-order valence-electron chi connectivity index (χ2n) is 4.54. The van der Waals surface area contributed by atoms with Gasteiger partial charge in [0.1, 0.15) is 5.75 Å². The number of ether oxygens (including phenoxy) is 1. The first-order valence-corrected chi connectivity index (χ1v) is 5.53. The Hall–Kier alpha value is -1.02. The summed E-state index contributed by atoms with van der Waals surface area (Å²) >= 11 is 0. The first kappa shape index (κ1) is 10.5. The van der Waals surface area contributed by atoms with E-state index in [1.807, 2.05) is 6.07 Å². The zero-order valence-electron chi connectivity index (χ0n) is 9.79. The van der Waals surface area contributed by atoms with Gasteiger partial charge in [-0.05, 0) is 31.2 Å². The molecule has 0 atom stereocenters. The van der Waals surface area contributed by atoms with Crippen LogP contribution in [-0.4, -0.2) is 32.1 Å². The van der Waals surface area contributed by atoms with Crippen molar-refractivity contribution < 1.29 is 4.74 Å². The first-order chi connectivity index (χ1) is 7.20. The van der Waals surface area contributed by atoms with Crippen molar-refractivity contribution in [2.24, 2.45) is 0 Å². The standard InChI is InChI=1S/C13H19NO/c1-4-13(9-14(2)10-13)11-6-5-7-12(8-11)15-3/h5-8H,4,9-10H2,1-3H3. The summed E-state index contributed by atoms with van der Waals surface area (Å²) in [6.45, 7) is 4.60. The highest BCUT2D eigenvalue weighted by Crippen LogP contribution is 2.37. The highest BCUT2D eigenvalue weighted by atomic mass is 16.5. The number of nitrogens with zero attached hydrogens (tertiary/aromatic N) is 1. The largest absolute Gasteiger partial charge is 0.497 e. The molecule has 1 aromatic carbocycles. The minimum absolute atomic E-state index is 0.364. The van der Waals surface area contributed by atoms with Crippen LogP contribution in [-0.2, 0) is 5.41 Å². The van der Waals surface area contributed by atoms with E-state index in [9.17, 15) is 0 Å². The van der Waals surface area contributed by atoms with E-state index >= 15 is 0 Å². The fraction of sp³-hybridized carbons (Fsp3) is 0.538. The average Bonchev–Trinajstić information content (AvgIpc) is 2.24. The minimum Gasteiger partial charge on any atom is -0.497 e. The Morgan fingerprint density at radius 3 is 2.67 bits per heavy atom. The Morgan fingerprint density at radius 2 is 2.13 bits per heavy atom. The number of likely N-dealkylation sites (tertiary alicyclic amines) is 1. The van der Waals surface area contributed by atoms with E-state index < -0.39 is 0 Å². The van der Waals surface area contributed by atoms with E-state index in [1.165, 1.54) is 12.0 Å². The Balaban J connectivity index is 2.27. The predicted molar refractivity (Wildman–Crippen MR) is 62.5 cm³/mol. The Kier molecular flexibility index (Phi) is 2.70. The summed E-state index contributed by atoms with van der Waals surface area (Å²) in [4.78, 5) is 2.36. The molecule has 82 valence electrons. The molecule has 1 saturated heterocycles. The molecule has 15 heavy (non-hydrogen) atoms. The maximum Gasteiger partial charge on any atom is 0.119 e. The molecule has 0 saturated carbocycles. The number of hydrogen-bond acceptors (Lipinski definition) is 2. The van der Waals surface area contributed by atoms with Crippen molar-refractivity contribution >= 4 is 0 Å². The van der Waals surface area contributed by atoms with E-state index in [2.05, 4.69) is 37.1 Å². The van der Waals surface area contributed by atoms with Crippen molar-refractivity contribution in [3.63, 3.8) is 0 Å². The van der Waals surface area contributed by atoms with Crippen molar-refractivity contribution in [3.8, 4) is 5.75 Å². The third-order valence-corrected chi connectivity index (χ3v) is 3.50. The van der Waals surface area contributed by atoms with Gasteiger partial charge in [0.25, 0.3) is 0 Å². The summed E-state index contributed by atoms with van der Waals surface area (Å²) in [5.74, 6) is 0.967. The number of hydrogen-bond donors (Lipinski definition) is 0. The molecular formula is C13H19NO. The van der Waals surface area contributed by atoms with Crippen LogP contribution in [0.4, 0.5) is 0 Å². The quantitative estimate of drug-likeness (QED) is 0.750. The third-order valence-electron chi connectivity index (χ3n) is 3.50. The molecule has 2 nitrogen and oxygen atoms in total. The van der Waals surface area contributed by atoms with Crippen molar-refractivity contribution in [3.05, 3.63) is 29.8 Å². The second kappa shape index (κ2) is 3.86. The monoisotopic (exact) mass is 205 g/mol. The number of rotatable bonds is 3. The SMILES string of the molecule is CCC1(c2cccc(OC)c2)CN(C)C1. The topological polar surface area (TPSA) is 12.5 Å². The first-order valence-electron chi connectivity index (χ1n) is 5.53. The zero-order chi connectivity index (χ0) is 10.9. The summed E-state index contributed by atoms with van der Waals surface area (Å²) < 4.78 is 5.28. The molecule has 0 bridgehead atoms. The lowest BCUT2D eigenvalue weighted by Crippen LogP contribution is -2.57. The lowest BCUT2D eigenvalue weighted by atomic mass is 9.72. The molecule has 2 rings (SSSR count). The van der Waals surface area contributed by atoms with Crippen LogP contribution >= 0.6 is 0 Å². The van der Waals surface area contributed by atoms with Gasteiger partial charge in [0, 0.05) is 18.5 Å². The zero-order valence-corrected chi connectivity index (χ0v) is 9.79. The number of methoxy groups -OCH3 is 1. The van der Waals surface area contributed by atoms with Crippen LogP contribution in [0.5, 0.6) is 5.75 Å². The summed E-state index contributed by atoms with van der Waals surface area (Å²) in [7, 11) is 3.90. The molecule has 1 fully saturated rings. The highest BCUT2D eigenvalue weighted by molar-refractivity contribution is 5.36. The summed E-state index contributed by atoms with van der Waals surface area (Å²) in [5, 5.41) is 0. The maximum absolute atomic E-state index is 5.28. The Labute approximate surface area is 91.9 Å². The molecule has 0 aliphatic carbocycles. The number of benzene rings is 1. The van der Waals surface area contributed by atoms with Gasteiger partial charge in [-0.2, -0.15) is 0 Å². The molecular weight excluding hydrogens is 186 g/mol. The Morgan fingerprint density at radius 1 is 1.40 bits per heavy atom. The normalized spacial score (nSPS) is 19.7. The van der Waals surface area contributed by atoms with Gasteiger partial charge in [0.15, 0.2) is 0 Å². The van der Waals surface area contributed by atoms with E-state index in [-0.39, 0.29) is 0 Å². The fourth-order valence-corrected chi connectivity index (χ4v) is 2.55. The number of likely N-dealkylation sites (N-methyl/N-ethyl adjacent to an activating group) is 1. The molecule has 2 heteroatoms. The molecule has 0 amide bonds. The van der Waals surface area contributed by atoms with Crippen molar-refractivity contribution in [1.82, 2.24) is 4.90 Å². The van der Waals surface area contributed by atoms with Gasteiger partial charge in [-0.3, -0.25) is 0 Å². The van der Waals surface area contributed by atoms with Crippen molar-refractivity contribution in [2.45, 2.75) is 18.8 Å². The molecule has 1 aliphatic rings. The summed E-state index contributed by atoms with van der Waals surface area (Å²) in [6, 6.07) is 8.49. The van der Waals surface area contributed by atoms with E-state index in [1.54, 1.807) is 7.11 Å². The summed E-state index contributed by atoms with van der Waals surface area (Å²) in [5.41, 5.74) is 1.78. The van der Waals surface area contributed by atoms with Crippen LogP contribution in [0, 0.1) is 0 Å². The molecule has 1 aliphatic heterocycles. The Bertz CT molecular complexity index is 342. The van der Waals surface area contributed by atoms with Gasteiger partial charge in [-0.1, -0.05) is 19.1 Å².